The van der Waals surface area contributed by atoms with Gasteiger partial charge in [-0.05, 0) is 55.3 Å². The fraction of sp³-hybridized carbons (Fsp3) is 0.261. The fourth-order valence-corrected chi connectivity index (χ4v) is 4.64. The molecule has 2 aromatic carbocycles. The zero-order valence-corrected chi connectivity index (χ0v) is 18.1. The summed E-state index contributed by atoms with van der Waals surface area (Å²) in [6.07, 6.45) is 5.67. The summed E-state index contributed by atoms with van der Waals surface area (Å²) in [6, 6.07) is 8.48. The van der Waals surface area contributed by atoms with Crippen molar-refractivity contribution in [3.8, 4) is 5.75 Å². The Kier molecular flexibility index (Phi) is 5.84. The minimum atomic E-state index is -3.84. The van der Waals surface area contributed by atoms with Crippen molar-refractivity contribution in [3.63, 3.8) is 0 Å². The second kappa shape index (κ2) is 8.47. The highest BCUT2D eigenvalue weighted by molar-refractivity contribution is 6.20. The molecule has 4 rings (SSSR count). The van der Waals surface area contributed by atoms with Gasteiger partial charge in [0, 0.05) is 51.6 Å². The van der Waals surface area contributed by atoms with Gasteiger partial charge in [-0.25, -0.2) is 0 Å². The molecule has 33 heavy (non-hydrogen) atoms. The molecule has 0 saturated heterocycles. The van der Waals surface area contributed by atoms with Gasteiger partial charge in [0.25, 0.3) is 5.91 Å². The molecule has 10 heteroatoms. The summed E-state index contributed by atoms with van der Waals surface area (Å²) in [7, 11) is 0. The lowest BCUT2D eigenvalue weighted by Gasteiger charge is -2.24. The van der Waals surface area contributed by atoms with Crippen LogP contribution in [-0.2, 0) is 10.2 Å². The lowest BCUT2D eigenvalue weighted by atomic mass is 9.76. The maximum atomic E-state index is 13.0. The fourth-order valence-electron chi connectivity index (χ4n) is 4.55. The van der Waals surface area contributed by atoms with E-state index in [0.717, 1.165) is 24.6 Å². The first kappa shape index (κ1) is 22.7. The van der Waals surface area contributed by atoms with Crippen LogP contribution in [0.4, 0.5) is 20.2 Å². The summed E-state index contributed by atoms with van der Waals surface area (Å²) < 4.78 is 29.8. The number of carbonyl (C=O) groups excluding carboxylic acids is 2. The minimum Gasteiger partial charge on any atom is -0.420 e. The number of benzene rings is 2. The number of allylic oxidation sites excluding steroid dienone is 1. The third-order valence-electron chi connectivity index (χ3n) is 5.94. The van der Waals surface area contributed by atoms with Crippen LogP contribution in [-0.4, -0.2) is 23.6 Å². The number of amides is 2. The zero-order valence-electron chi connectivity index (χ0n) is 17.4. The first-order valence-electron chi connectivity index (χ1n) is 10.3. The highest BCUT2D eigenvalue weighted by atomic mass is 35.5. The van der Waals surface area contributed by atoms with Crippen molar-refractivity contribution in [2.24, 2.45) is 5.73 Å². The van der Waals surface area contributed by atoms with Gasteiger partial charge in [0.15, 0.2) is 0 Å². The SMILES string of the molecule is N=C/C=C(\N)c1cc(C(=O)Nc2ccc(OC(F)(F)Cl)cc2)cc2c1C1(CCCC1)C(=O)N2. The summed E-state index contributed by atoms with van der Waals surface area (Å²) in [4.78, 5) is 25.9. The first-order chi connectivity index (χ1) is 15.6. The molecule has 0 radical (unpaired) electrons. The molecule has 1 heterocycles. The molecule has 1 saturated carbocycles. The second-order valence-electron chi connectivity index (χ2n) is 8.00. The standard InChI is InChI=1S/C23H21ClF2N4O3/c24-23(25,26)33-15-5-3-14(4-6-15)29-20(31)13-11-16(17(28)7-10-27)19-18(12-13)30-21(32)22(19)8-1-2-9-22/h3-7,10-12,27H,1-2,8-9,28H2,(H,29,31)(H,30,32)/b17-7-,27-10?. The van der Waals surface area contributed by atoms with E-state index < -0.39 is 16.9 Å². The van der Waals surface area contributed by atoms with Crippen LogP contribution < -0.4 is 21.1 Å². The number of halogens is 3. The number of hydrogen-bond donors (Lipinski definition) is 4. The van der Waals surface area contributed by atoms with Gasteiger partial charge in [0.2, 0.25) is 5.91 Å². The van der Waals surface area contributed by atoms with E-state index in [1.165, 1.54) is 30.3 Å². The van der Waals surface area contributed by atoms with Crippen LogP contribution in [0.3, 0.4) is 0 Å². The first-order valence-corrected chi connectivity index (χ1v) is 10.6. The van der Waals surface area contributed by atoms with Gasteiger partial charge >= 0.3 is 5.57 Å². The monoisotopic (exact) mass is 474 g/mol. The van der Waals surface area contributed by atoms with E-state index in [9.17, 15) is 18.4 Å². The summed E-state index contributed by atoms with van der Waals surface area (Å²) in [5.74, 6) is -0.759. The molecule has 1 aliphatic heterocycles. The van der Waals surface area contributed by atoms with Gasteiger partial charge < -0.3 is 26.5 Å². The van der Waals surface area contributed by atoms with Crippen LogP contribution in [0, 0.1) is 5.41 Å². The van der Waals surface area contributed by atoms with Gasteiger partial charge in [0.05, 0.1) is 5.41 Å². The van der Waals surface area contributed by atoms with Crippen LogP contribution in [0.1, 0.15) is 47.2 Å². The molecule has 0 aromatic heterocycles. The van der Waals surface area contributed by atoms with Gasteiger partial charge in [-0.15, -0.1) is 8.78 Å². The van der Waals surface area contributed by atoms with Gasteiger partial charge in [-0.1, -0.05) is 12.8 Å². The smallest absolute Gasteiger partial charge is 0.420 e. The van der Waals surface area contributed by atoms with E-state index >= 15 is 0 Å². The van der Waals surface area contributed by atoms with Gasteiger partial charge in [0.1, 0.15) is 5.75 Å². The zero-order chi connectivity index (χ0) is 23.8. The Morgan fingerprint density at radius 2 is 1.91 bits per heavy atom. The van der Waals surface area contributed by atoms with Crippen molar-refractivity contribution in [2.45, 2.75) is 36.7 Å². The molecule has 0 unspecified atom stereocenters. The number of anilines is 2. The average molecular weight is 475 g/mol. The van der Waals surface area contributed by atoms with Gasteiger partial charge in [-0.3, -0.25) is 9.59 Å². The Morgan fingerprint density at radius 1 is 1.24 bits per heavy atom. The molecule has 5 N–H and O–H groups in total. The quantitative estimate of drug-likeness (QED) is 0.354. The van der Waals surface area contributed by atoms with E-state index in [0.29, 0.717) is 29.8 Å². The average Bonchev–Trinajstić information content (AvgIpc) is 3.34. The number of rotatable bonds is 6. The highest BCUT2D eigenvalue weighted by Crippen LogP contribution is 2.51. The van der Waals surface area contributed by atoms with E-state index in [-0.39, 0.29) is 22.9 Å². The van der Waals surface area contributed by atoms with E-state index in [4.69, 9.17) is 22.7 Å². The van der Waals surface area contributed by atoms with Gasteiger partial charge in [-0.2, -0.15) is 0 Å². The number of hydrogen-bond acceptors (Lipinski definition) is 5. The molecule has 7 nitrogen and oxygen atoms in total. The Morgan fingerprint density at radius 3 is 2.52 bits per heavy atom. The van der Waals surface area contributed by atoms with Crippen molar-refractivity contribution in [3.05, 3.63) is 59.2 Å². The molecule has 2 aromatic rings. The molecule has 1 aliphatic carbocycles. The van der Waals surface area contributed by atoms with Crippen molar-refractivity contribution >= 4 is 46.7 Å². The van der Waals surface area contributed by atoms with Crippen molar-refractivity contribution in [1.29, 1.82) is 5.41 Å². The normalized spacial score (nSPS) is 16.9. The largest absolute Gasteiger partial charge is 0.487 e. The predicted molar refractivity (Wildman–Crippen MR) is 122 cm³/mol. The van der Waals surface area contributed by atoms with Crippen LogP contribution in [0.2, 0.25) is 0 Å². The second-order valence-corrected chi connectivity index (χ2v) is 8.44. The summed E-state index contributed by atoms with van der Waals surface area (Å²) in [5, 5.41) is 12.9. The van der Waals surface area contributed by atoms with Crippen LogP contribution in [0.25, 0.3) is 5.70 Å². The number of carbonyl (C=O) groups is 2. The van der Waals surface area contributed by atoms with Crippen molar-refractivity contribution in [1.82, 2.24) is 0 Å². The summed E-state index contributed by atoms with van der Waals surface area (Å²) in [5.41, 5.74) is 4.39. The molecule has 2 aliphatic rings. The van der Waals surface area contributed by atoms with Crippen molar-refractivity contribution in [2.75, 3.05) is 10.6 Å². The summed E-state index contributed by atoms with van der Waals surface area (Å²) in [6.45, 7) is 0. The minimum absolute atomic E-state index is 0.108. The molecule has 0 atom stereocenters. The third kappa shape index (κ3) is 4.41. The Hall–Kier alpha value is -3.46. The topological polar surface area (TPSA) is 117 Å². The third-order valence-corrected chi connectivity index (χ3v) is 6.02. The highest BCUT2D eigenvalue weighted by Gasteiger charge is 2.50. The number of fused-ring (bicyclic) bond motifs is 2. The number of nitrogens with one attached hydrogen (secondary N) is 3. The van der Waals surface area contributed by atoms with E-state index in [1.807, 2.05) is 0 Å². The van der Waals surface area contributed by atoms with Crippen LogP contribution in [0.15, 0.2) is 42.5 Å². The van der Waals surface area contributed by atoms with Crippen molar-refractivity contribution < 1.29 is 23.1 Å². The lowest BCUT2D eigenvalue weighted by Crippen LogP contribution is -2.32. The maximum Gasteiger partial charge on any atom is 0.487 e. The van der Waals surface area contributed by atoms with E-state index in [1.54, 1.807) is 12.1 Å². The lowest BCUT2D eigenvalue weighted by molar-refractivity contribution is -0.120. The number of nitrogens with two attached hydrogens (primary N) is 1. The predicted octanol–water partition coefficient (Wildman–Crippen LogP) is 4.82. The Balaban J connectivity index is 1.66. The molecular formula is C23H21ClF2N4O3. The van der Waals surface area contributed by atoms with Crippen LogP contribution >= 0.6 is 11.6 Å². The molecule has 2 amide bonds. The molecule has 172 valence electrons. The van der Waals surface area contributed by atoms with E-state index in [2.05, 4.69) is 15.4 Å². The molecular weight excluding hydrogens is 454 g/mol. The van der Waals surface area contributed by atoms with Crippen LogP contribution in [0.5, 0.6) is 5.75 Å². The number of alkyl halides is 3. The molecule has 0 bridgehead atoms. The number of ether oxygens (including phenoxy) is 1. The summed E-state index contributed by atoms with van der Waals surface area (Å²) >= 11 is 4.75. The maximum absolute atomic E-state index is 13.0. The Bertz CT molecular complexity index is 1150. The molecule has 1 spiro atoms. The Labute approximate surface area is 193 Å². The molecule has 1 fully saturated rings.